The molecule has 0 aromatic heterocycles. The highest BCUT2D eigenvalue weighted by molar-refractivity contribution is 6.06. The van der Waals surface area contributed by atoms with E-state index >= 15 is 0 Å². The van der Waals surface area contributed by atoms with Crippen LogP contribution in [0.4, 0.5) is 0 Å². The van der Waals surface area contributed by atoms with E-state index in [-0.39, 0.29) is 31.8 Å². The number of amides is 1. The normalized spacial score (nSPS) is 14.9. The van der Waals surface area contributed by atoms with Gasteiger partial charge in [0.05, 0.1) is 19.1 Å². The zero-order valence-electron chi connectivity index (χ0n) is 16.2. The van der Waals surface area contributed by atoms with Crippen LogP contribution in [0.5, 0.6) is 0 Å². The van der Waals surface area contributed by atoms with Crippen LogP contribution in [0.2, 0.25) is 0 Å². The number of hydrogen-bond donors (Lipinski definition) is 3. The van der Waals surface area contributed by atoms with Crippen molar-refractivity contribution >= 4 is 11.7 Å². The van der Waals surface area contributed by atoms with Crippen LogP contribution in [0, 0.1) is 0 Å². The molecule has 0 radical (unpaired) electrons. The van der Waals surface area contributed by atoms with Crippen LogP contribution in [0.25, 0.3) is 0 Å². The fourth-order valence-corrected chi connectivity index (χ4v) is 1.98. The van der Waals surface area contributed by atoms with Crippen LogP contribution in [0.1, 0.15) is 40.5 Å². The standard InChI is InChI=1S/C21H31NO4/c1-5-16(2)13-17(3)9-7-6-8-10-18(4)20(25)14-21(26)22-19(15-24)11-12-23/h5-10,13,19,23-24H,11-12,14-15H2,1-4H3,(H,22,26)/b8-6+,9-7+,16-5-,17-13+,18-10+. The van der Waals surface area contributed by atoms with Crippen LogP contribution < -0.4 is 5.32 Å². The summed E-state index contributed by atoms with van der Waals surface area (Å²) < 4.78 is 0. The quantitative estimate of drug-likeness (QED) is 0.300. The van der Waals surface area contributed by atoms with Gasteiger partial charge < -0.3 is 15.5 Å². The van der Waals surface area contributed by atoms with Crippen molar-refractivity contribution in [3.8, 4) is 0 Å². The number of rotatable bonds is 11. The van der Waals surface area contributed by atoms with E-state index in [9.17, 15) is 9.59 Å². The summed E-state index contributed by atoms with van der Waals surface area (Å²) in [6.45, 7) is 7.28. The summed E-state index contributed by atoms with van der Waals surface area (Å²) in [4.78, 5) is 23.8. The molecule has 0 heterocycles. The maximum atomic E-state index is 12.0. The van der Waals surface area contributed by atoms with Crippen LogP contribution in [-0.2, 0) is 9.59 Å². The average Bonchev–Trinajstić information content (AvgIpc) is 2.60. The predicted octanol–water partition coefficient (Wildman–Crippen LogP) is 2.78. The van der Waals surface area contributed by atoms with Gasteiger partial charge in [-0.15, -0.1) is 0 Å². The summed E-state index contributed by atoms with van der Waals surface area (Å²) in [5.74, 6) is -0.740. The van der Waals surface area contributed by atoms with Crippen molar-refractivity contribution in [2.75, 3.05) is 13.2 Å². The second-order valence-corrected chi connectivity index (χ2v) is 6.07. The molecule has 3 N–H and O–H groups in total. The molecule has 0 aliphatic carbocycles. The number of aliphatic hydroxyl groups is 2. The van der Waals surface area contributed by atoms with Crippen LogP contribution in [0.3, 0.4) is 0 Å². The van der Waals surface area contributed by atoms with Crippen molar-refractivity contribution in [1.29, 1.82) is 0 Å². The number of hydrogen-bond acceptors (Lipinski definition) is 4. The summed E-state index contributed by atoms with van der Waals surface area (Å²) in [5, 5.41) is 20.4. The Bertz CT molecular complexity index is 610. The Hall–Kier alpha value is -2.24. The molecule has 0 aromatic rings. The zero-order valence-corrected chi connectivity index (χ0v) is 16.2. The Morgan fingerprint density at radius 2 is 1.73 bits per heavy atom. The third-order valence-electron chi connectivity index (χ3n) is 3.66. The zero-order chi connectivity index (χ0) is 19.9. The molecule has 0 saturated carbocycles. The molecule has 26 heavy (non-hydrogen) atoms. The number of carbonyl (C=O) groups is 2. The van der Waals surface area contributed by atoms with E-state index in [0.717, 1.165) is 5.57 Å². The minimum absolute atomic E-state index is 0.139. The second kappa shape index (κ2) is 14.0. The smallest absolute Gasteiger partial charge is 0.228 e. The summed E-state index contributed by atoms with van der Waals surface area (Å²) >= 11 is 0. The van der Waals surface area contributed by atoms with Gasteiger partial charge in [0.2, 0.25) is 5.91 Å². The van der Waals surface area contributed by atoms with Crippen LogP contribution >= 0.6 is 0 Å². The molecule has 5 heteroatoms. The van der Waals surface area contributed by atoms with E-state index in [1.54, 1.807) is 19.1 Å². The fraction of sp³-hybridized carbons (Fsp3) is 0.429. The molecular weight excluding hydrogens is 330 g/mol. The van der Waals surface area contributed by atoms with E-state index in [1.165, 1.54) is 5.57 Å². The molecule has 144 valence electrons. The highest BCUT2D eigenvalue weighted by Crippen LogP contribution is 2.04. The van der Waals surface area contributed by atoms with Gasteiger partial charge in [-0.3, -0.25) is 9.59 Å². The van der Waals surface area contributed by atoms with Crippen molar-refractivity contribution in [2.45, 2.75) is 46.6 Å². The highest BCUT2D eigenvalue weighted by Gasteiger charge is 2.14. The summed E-state index contributed by atoms with van der Waals surface area (Å²) in [6.07, 6.45) is 13.2. The van der Waals surface area contributed by atoms with Gasteiger partial charge in [-0.2, -0.15) is 0 Å². The van der Waals surface area contributed by atoms with Gasteiger partial charge in [0.15, 0.2) is 5.78 Å². The van der Waals surface area contributed by atoms with E-state index < -0.39 is 11.9 Å². The number of allylic oxidation sites excluding steroid dienone is 10. The first-order chi connectivity index (χ1) is 12.3. The molecule has 1 atom stereocenters. The molecule has 0 bridgehead atoms. The monoisotopic (exact) mass is 361 g/mol. The first kappa shape index (κ1) is 23.8. The third-order valence-corrected chi connectivity index (χ3v) is 3.66. The van der Waals surface area contributed by atoms with E-state index in [1.807, 2.05) is 45.1 Å². The molecule has 0 fully saturated rings. The lowest BCUT2D eigenvalue weighted by Crippen LogP contribution is -2.39. The Labute approximate surface area is 156 Å². The summed E-state index contributed by atoms with van der Waals surface area (Å²) in [5.41, 5.74) is 2.79. The van der Waals surface area contributed by atoms with Crippen molar-refractivity contribution in [3.63, 3.8) is 0 Å². The lowest BCUT2D eigenvalue weighted by atomic mass is 10.1. The Balaban J connectivity index is 4.55. The fourth-order valence-electron chi connectivity index (χ4n) is 1.98. The second-order valence-electron chi connectivity index (χ2n) is 6.07. The van der Waals surface area contributed by atoms with Gasteiger partial charge >= 0.3 is 0 Å². The van der Waals surface area contributed by atoms with Crippen LogP contribution in [-0.4, -0.2) is 41.2 Å². The maximum absolute atomic E-state index is 12.0. The average molecular weight is 361 g/mol. The Morgan fingerprint density at radius 1 is 1.04 bits per heavy atom. The van der Waals surface area contributed by atoms with Gasteiger partial charge in [-0.1, -0.05) is 53.7 Å². The third kappa shape index (κ3) is 11.3. The summed E-state index contributed by atoms with van der Waals surface area (Å²) in [7, 11) is 0. The molecule has 1 amide bonds. The molecule has 5 nitrogen and oxygen atoms in total. The van der Waals surface area contributed by atoms with E-state index in [2.05, 4.69) is 11.4 Å². The van der Waals surface area contributed by atoms with Gasteiger partial charge in [-0.05, 0) is 39.7 Å². The van der Waals surface area contributed by atoms with E-state index in [4.69, 9.17) is 10.2 Å². The molecule has 1 unspecified atom stereocenters. The number of Topliss-reactive ketones (excluding diaryl/α,β-unsaturated/α-hetero) is 1. The Kier molecular flexibility index (Phi) is 12.8. The van der Waals surface area contributed by atoms with Crippen molar-refractivity contribution in [1.82, 2.24) is 5.32 Å². The van der Waals surface area contributed by atoms with Crippen LogP contribution in [0.15, 0.2) is 59.3 Å². The number of ketones is 1. The molecule has 0 aliphatic heterocycles. The molecule has 0 saturated heterocycles. The molecular formula is C21H31NO4. The first-order valence-electron chi connectivity index (χ1n) is 8.71. The SMILES string of the molecule is C\C=C(C)/C=C(C)/C=C/C=C/C=C(\C)C(=O)CC(=O)NC(CO)CCO. The van der Waals surface area contributed by atoms with E-state index in [0.29, 0.717) is 5.57 Å². The van der Waals surface area contributed by atoms with Crippen molar-refractivity contribution in [3.05, 3.63) is 59.3 Å². The van der Waals surface area contributed by atoms with Gasteiger partial charge in [0, 0.05) is 6.61 Å². The first-order valence-corrected chi connectivity index (χ1v) is 8.71. The Morgan fingerprint density at radius 3 is 2.31 bits per heavy atom. The highest BCUT2D eigenvalue weighted by atomic mass is 16.3. The maximum Gasteiger partial charge on any atom is 0.228 e. The lowest BCUT2D eigenvalue weighted by molar-refractivity contribution is -0.127. The molecule has 0 aromatic carbocycles. The largest absolute Gasteiger partial charge is 0.396 e. The minimum Gasteiger partial charge on any atom is -0.396 e. The molecule has 0 spiro atoms. The molecule has 0 rings (SSSR count). The lowest BCUT2D eigenvalue weighted by Gasteiger charge is -2.14. The van der Waals surface area contributed by atoms with Crippen molar-refractivity contribution in [2.24, 2.45) is 0 Å². The van der Waals surface area contributed by atoms with Crippen molar-refractivity contribution < 1.29 is 19.8 Å². The van der Waals surface area contributed by atoms with Gasteiger partial charge in [-0.25, -0.2) is 0 Å². The summed E-state index contributed by atoms with van der Waals surface area (Å²) in [6, 6.07) is -0.530. The minimum atomic E-state index is -0.530. The topological polar surface area (TPSA) is 86.6 Å². The molecule has 0 aliphatic rings. The van der Waals surface area contributed by atoms with Gasteiger partial charge in [0.25, 0.3) is 0 Å². The number of carbonyl (C=O) groups excluding carboxylic acids is 2. The van der Waals surface area contributed by atoms with Gasteiger partial charge in [0.1, 0.15) is 0 Å². The number of nitrogens with one attached hydrogen (secondary N) is 1. The number of aliphatic hydroxyl groups excluding tert-OH is 2. The predicted molar refractivity (Wildman–Crippen MR) is 106 cm³/mol.